The van der Waals surface area contributed by atoms with Crippen molar-refractivity contribution in [3.05, 3.63) is 53.4 Å². The average Bonchev–Trinajstić information content (AvgIpc) is 3.53. The number of halogens is 2. The number of ether oxygens (including phenoxy) is 1. The van der Waals surface area contributed by atoms with Crippen molar-refractivity contribution in [3.8, 4) is 0 Å². The number of carbonyl (C=O) groups is 2. The minimum absolute atomic E-state index is 0. The van der Waals surface area contributed by atoms with E-state index < -0.39 is 12.0 Å². The fraction of sp³-hybridized carbons (Fsp3) is 0.455. The number of hydrogen-bond acceptors (Lipinski definition) is 7. The predicted octanol–water partition coefficient (Wildman–Crippen LogP) is 3.12. The van der Waals surface area contributed by atoms with Gasteiger partial charge in [-0.15, -0.1) is 12.4 Å². The number of aromatic nitrogens is 3. The Labute approximate surface area is 197 Å². The molecular formula is C22H26ClFN4O3S. The monoisotopic (exact) mass is 480 g/mol. The highest BCUT2D eigenvalue weighted by Crippen LogP contribution is 2.39. The van der Waals surface area contributed by atoms with Gasteiger partial charge in [-0.2, -0.15) is 17.7 Å². The van der Waals surface area contributed by atoms with Crippen molar-refractivity contribution in [1.29, 1.82) is 0 Å². The normalized spacial score (nSPS) is 21.1. The predicted molar refractivity (Wildman–Crippen MR) is 123 cm³/mol. The first kappa shape index (κ1) is 24.4. The maximum absolute atomic E-state index is 14.6. The number of methoxy groups -OCH3 is 1. The Bertz CT molecular complexity index is 1010. The second-order valence-electron chi connectivity index (χ2n) is 7.97. The van der Waals surface area contributed by atoms with Crippen LogP contribution in [0.3, 0.4) is 0 Å². The van der Waals surface area contributed by atoms with E-state index in [1.807, 2.05) is 11.0 Å². The lowest BCUT2D eigenvalue weighted by molar-refractivity contribution is -0.141. The van der Waals surface area contributed by atoms with Crippen LogP contribution in [0.5, 0.6) is 0 Å². The van der Waals surface area contributed by atoms with E-state index in [0.29, 0.717) is 24.5 Å². The highest BCUT2D eigenvalue weighted by molar-refractivity contribution is 7.81. The molecule has 7 nitrogen and oxygen atoms in total. The van der Waals surface area contributed by atoms with Crippen LogP contribution in [0.4, 0.5) is 4.39 Å². The van der Waals surface area contributed by atoms with Crippen LogP contribution in [-0.2, 0) is 20.9 Å². The van der Waals surface area contributed by atoms with Gasteiger partial charge < -0.3 is 4.74 Å². The average molecular weight is 481 g/mol. The van der Waals surface area contributed by atoms with Crippen LogP contribution in [0.2, 0.25) is 0 Å². The zero-order valence-corrected chi connectivity index (χ0v) is 19.4. The number of thiol groups is 1. The topological polar surface area (TPSA) is 77.3 Å². The molecule has 2 atom stereocenters. The molecule has 2 fully saturated rings. The largest absolute Gasteiger partial charge is 0.468 e. The summed E-state index contributed by atoms with van der Waals surface area (Å²) < 4.78 is 20.7. The van der Waals surface area contributed by atoms with Gasteiger partial charge in [0.05, 0.1) is 13.2 Å². The van der Waals surface area contributed by atoms with Gasteiger partial charge in [0.15, 0.2) is 11.6 Å². The molecule has 1 aliphatic carbocycles. The smallest absolute Gasteiger partial charge is 0.327 e. The molecule has 1 saturated carbocycles. The van der Waals surface area contributed by atoms with Crippen LogP contribution in [0.25, 0.3) is 6.08 Å². The lowest BCUT2D eigenvalue weighted by Gasteiger charge is -2.37. The van der Waals surface area contributed by atoms with Crippen LogP contribution >= 0.6 is 25.0 Å². The minimum atomic E-state index is -0.609. The Hall–Kier alpha value is -2.23. The summed E-state index contributed by atoms with van der Waals surface area (Å²) in [6.07, 6.45) is 5.77. The van der Waals surface area contributed by atoms with E-state index in [1.54, 1.807) is 18.2 Å². The molecule has 1 aliphatic heterocycles. The van der Waals surface area contributed by atoms with Crippen molar-refractivity contribution in [1.82, 2.24) is 19.7 Å². The minimum Gasteiger partial charge on any atom is -0.468 e. The highest BCUT2D eigenvalue weighted by Gasteiger charge is 2.40. The standard InChI is InChI=1S/C22H25FN4O3S.ClH/c1-30-20(28)12-27-13-24-19(25-27)10-15-11-26(9-8-18(15)31)21(22(29)14-6-7-14)16-4-2-3-5-17(16)23;/h2-5,10,13-14,18,21,31H,6-9,11-12H2,1H3;1H/b15-10+;. The van der Waals surface area contributed by atoms with Gasteiger partial charge in [-0.05, 0) is 37.0 Å². The number of piperidine rings is 1. The van der Waals surface area contributed by atoms with Gasteiger partial charge in [0.1, 0.15) is 18.7 Å². The molecular weight excluding hydrogens is 455 g/mol. The van der Waals surface area contributed by atoms with Gasteiger partial charge in [-0.3, -0.25) is 14.5 Å². The number of rotatable bonds is 7. The van der Waals surface area contributed by atoms with Crippen molar-refractivity contribution in [2.75, 3.05) is 20.2 Å². The van der Waals surface area contributed by atoms with Gasteiger partial charge in [-0.25, -0.2) is 14.1 Å². The zero-order chi connectivity index (χ0) is 22.0. The third kappa shape index (κ3) is 5.57. The number of nitrogens with zero attached hydrogens (tertiary/aromatic N) is 4. The Morgan fingerprint density at radius 1 is 1.31 bits per heavy atom. The molecule has 2 heterocycles. The van der Waals surface area contributed by atoms with Gasteiger partial charge >= 0.3 is 5.97 Å². The number of likely N-dealkylation sites (tertiary alicyclic amines) is 1. The fourth-order valence-corrected chi connectivity index (χ4v) is 4.16. The summed E-state index contributed by atoms with van der Waals surface area (Å²) >= 11 is 4.70. The van der Waals surface area contributed by atoms with E-state index in [0.717, 1.165) is 24.8 Å². The highest BCUT2D eigenvalue weighted by atomic mass is 35.5. The fourth-order valence-electron chi connectivity index (χ4n) is 3.89. The second kappa shape index (κ2) is 10.6. The number of esters is 1. The number of benzene rings is 1. The van der Waals surface area contributed by atoms with Gasteiger partial charge in [0.2, 0.25) is 0 Å². The quantitative estimate of drug-likeness (QED) is 0.484. The molecule has 2 unspecified atom stereocenters. The molecule has 172 valence electrons. The molecule has 10 heteroatoms. The Balaban J connectivity index is 0.00000289. The summed E-state index contributed by atoms with van der Waals surface area (Å²) in [7, 11) is 1.32. The van der Waals surface area contributed by atoms with Crippen molar-refractivity contribution in [2.45, 2.75) is 37.1 Å². The van der Waals surface area contributed by atoms with Crippen LogP contribution in [0.15, 0.2) is 36.2 Å². The van der Waals surface area contributed by atoms with Crippen molar-refractivity contribution in [3.63, 3.8) is 0 Å². The molecule has 4 rings (SSSR count). The number of carbonyl (C=O) groups excluding carboxylic acids is 2. The molecule has 2 aromatic rings. The lowest BCUT2D eigenvalue weighted by atomic mass is 9.93. The Morgan fingerprint density at radius 3 is 2.75 bits per heavy atom. The summed E-state index contributed by atoms with van der Waals surface area (Å²) in [5, 5.41) is 4.28. The summed E-state index contributed by atoms with van der Waals surface area (Å²) in [5.41, 5.74) is 1.38. The number of Topliss-reactive ketones (excluding diaryl/α,β-unsaturated/α-hetero) is 1. The molecule has 32 heavy (non-hydrogen) atoms. The number of hydrogen-bond donors (Lipinski definition) is 1. The maximum Gasteiger partial charge on any atom is 0.327 e. The molecule has 0 amide bonds. The third-order valence-electron chi connectivity index (χ3n) is 5.71. The van der Waals surface area contributed by atoms with E-state index >= 15 is 0 Å². The third-order valence-corrected chi connectivity index (χ3v) is 6.29. The van der Waals surface area contributed by atoms with Crippen LogP contribution < -0.4 is 0 Å². The maximum atomic E-state index is 14.6. The molecule has 1 aromatic heterocycles. The van der Waals surface area contributed by atoms with Gasteiger partial charge in [0, 0.05) is 29.8 Å². The lowest BCUT2D eigenvalue weighted by Crippen LogP contribution is -2.42. The molecule has 1 saturated heterocycles. The number of ketones is 1. The SMILES string of the molecule is COC(=O)Cn1cnc(/C=C2\CN(C(C(=O)C3CC3)c3ccccc3F)CCC2S)n1.Cl. The molecule has 0 spiro atoms. The first-order valence-electron chi connectivity index (χ1n) is 10.3. The molecule has 0 N–H and O–H groups in total. The Kier molecular flexibility index (Phi) is 8.08. The van der Waals surface area contributed by atoms with Crippen LogP contribution in [-0.4, -0.2) is 56.9 Å². The summed E-state index contributed by atoms with van der Waals surface area (Å²) in [5.74, 6) is -0.214. The summed E-state index contributed by atoms with van der Waals surface area (Å²) in [6.45, 7) is 1.10. The van der Waals surface area contributed by atoms with E-state index in [9.17, 15) is 14.0 Å². The van der Waals surface area contributed by atoms with Crippen LogP contribution in [0, 0.1) is 11.7 Å². The second-order valence-corrected chi connectivity index (χ2v) is 8.59. The van der Waals surface area contributed by atoms with Crippen molar-refractivity contribution >= 4 is 42.9 Å². The van der Waals surface area contributed by atoms with E-state index in [2.05, 4.69) is 14.8 Å². The zero-order valence-electron chi connectivity index (χ0n) is 17.7. The summed E-state index contributed by atoms with van der Waals surface area (Å²) in [4.78, 5) is 30.8. The van der Waals surface area contributed by atoms with Crippen molar-refractivity contribution < 1.29 is 18.7 Å². The first-order chi connectivity index (χ1) is 15.0. The van der Waals surface area contributed by atoms with Crippen molar-refractivity contribution in [2.24, 2.45) is 5.92 Å². The molecule has 0 bridgehead atoms. The molecule has 2 aliphatic rings. The Morgan fingerprint density at radius 2 is 2.06 bits per heavy atom. The van der Waals surface area contributed by atoms with E-state index in [4.69, 9.17) is 12.6 Å². The van der Waals surface area contributed by atoms with E-state index in [-0.39, 0.29) is 41.7 Å². The van der Waals surface area contributed by atoms with Crippen LogP contribution in [0.1, 0.15) is 36.7 Å². The van der Waals surface area contributed by atoms with Gasteiger partial charge in [-0.1, -0.05) is 18.2 Å². The molecule has 1 aromatic carbocycles. The summed E-state index contributed by atoms with van der Waals surface area (Å²) in [6, 6.07) is 5.91. The van der Waals surface area contributed by atoms with Gasteiger partial charge in [0.25, 0.3) is 0 Å². The van der Waals surface area contributed by atoms with E-state index in [1.165, 1.54) is 24.2 Å². The molecule has 0 radical (unpaired) electrons. The first-order valence-corrected chi connectivity index (χ1v) is 10.8.